The van der Waals surface area contributed by atoms with Gasteiger partial charge in [0.05, 0.1) is 7.11 Å². The highest BCUT2D eigenvalue weighted by Gasteiger charge is 2.43. The van der Waals surface area contributed by atoms with Gasteiger partial charge in [-0.25, -0.2) is 0 Å². The Morgan fingerprint density at radius 3 is 2.69 bits per heavy atom. The standard InChI is InChI=1S/C27H25NO4/c1-15(29)16-8-9-19-18-6-4-5-7-20(18)24(21(19)12-16)25-23-17(10-11-28(25)2)13-22-26(27(23)30-3)32-14-31-22/h4-9,12-13,24-25H,10-11,14H2,1-3H3/t24-,25+/m1/s1. The van der Waals surface area contributed by atoms with Crippen molar-refractivity contribution < 1.29 is 19.0 Å². The fraction of sp³-hybridized carbons (Fsp3) is 0.296. The number of ketones is 1. The highest BCUT2D eigenvalue weighted by Crippen LogP contribution is 2.57. The van der Waals surface area contributed by atoms with Gasteiger partial charge in [-0.2, -0.15) is 0 Å². The normalized spacial score (nSPS) is 20.5. The van der Waals surface area contributed by atoms with Crippen LogP contribution >= 0.6 is 0 Å². The summed E-state index contributed by atoms with van der Waals surface area (Å²) in [4.78, 5) is 14.6. The Bertz CT molecular complexity index is 1260. The van der Waals surface area contributed by atoms with Crippen LogP contribution in [0, 0.1) is 0 Å². The molecule has 0 saturated carbocycles. The van der Waals surface area contributed by atoms with Crippen molar-refractivity contribution in [1.29, 1.82) is 0 Å². The molecule has 5 nitrogen and oxygen atoms in total. The van der Waals surface area contributed by atoms with Crippen molar-refractivity contribution in [3.63, 3.8) is 0 Å². The maximum absolute atomic E-state index is 12.2. The lowest BCUT2D eigenvalue weighted by molar-refractivity contribution is 0.101. The van der Waals surface area contributed by atoms with E-state index in [1.807, 2.05) is 6.07 Å². The molecule has 0 amide bonds. The number of methoxy groups -OCH3 is 1. The molecule has 0 bridgehead atoms. The molecule has 0 radical (unpaired) electrons. The van der Waals surface area contributed by atoms with Crippen LogP contribution in [0.15, 0.2) is 48.5 Å². The molecule has 0 N–H and O–H groups in total. The first-order chi connectivity index (χ1) is 15.6. The van der Waals surface area contributed by atoms with Gasteiger partial charge in [0.1, 0.15) is 0 Å². The number of nitrogens with zero attached hydrogens (tertiary/aromatic N) is 1. The lowest BCUT2D eigenvalue weighted by atomic mass is 9.79. The molecule has 0 unspecified atom stereocenters. The zero-order valence-electron chi connectivity index (χ0n) is 18.5. The molecular weight excluding hydrogens is 402 g/mol. The summed E-state index contributed by atoms with van der Waals surface area (Å²) in [7, 11) is 3.88. The predicted molar refractivity (Wildman–Crippen MR) is 122 cm³/mol. The maximum Gasteiger partial charge on any atom is 0.231 e. The molecule has 32 heavy (non-hydrogen) atoms. The highest BCUT2D eigenvalue weighted by atomic mass is 16.7. The van der Waals surface area contributed by atoms with Crippen LogP contribution in [-0.2, 0) is 6.42 Å². The van der Waals surface area contributed by atoms with E-state index in [1.165, 1.54) is 27.8 Å². The zero-order valence-corrected chi connectivity index (χ0v) is 18.5. The monoisotopic (exact) mass is 427 g/mol. The third kappa shape index (κ3) is 2.64. The lowest BCUT2D eigenvalue weighted by Gasteiger charge is -2.40. The molecule has 162 valence electrons. The van der Waals surface area contributed by atoms with Gasteiger partial charge in [-0.3, -0.25) is 9.69 Å². The van der Waals surface area contributed by atoms with Gasteiger partial charge >= 0.3 is 0 Å². The van der Waals surface area contributed by atoms with Crippen molar-refractivity contribution in [2.75, 3.05) is 27.5 Å². The van der Waals surface area contributed by atoms with Crippen LogP contribution in [0.5, 0.6) is 17.2 Å². The molecule has 0 aromatic heterocycles. The van der Waals surface area contributed by atoms with Crippen molar-refractivity contribution in [3.05, 3.63) is 76.3 Å². The second-order valence-corrected chi connectivity index (χ2v) is 8.81. The van der Waals surface area contributed by atoms with Gasteiger partial charge in [0.15, 0.2) is 17.3 Å². The Labute approximate surface area is 187 Å². The number of benzene rings is 3. The van der Waals surface area contributed by atoms with Gasteiger partial charge in [0.25, 0.3) is 0 Å². The molecule has 5 heteroatoms. The maximum atomic E-state index is 12.2. The second-order valence-electron chi connectivity index (χ2n) is 8.81. The van der Waals surface area contributed by atoms with Crippen LogP contribution in [0.25, 0.3) is 11.1 Å². The summed E-state index contributed by atoms with van der Waals surface area (Å²) in [6.07, 6.45) is 0.921. The number of carbonyl (C=O) groups is 1. The zero-order chi connectivity index (χ0) is 22.0. The molecule has 2 heterocycles. The minimum Gasteiger partial charge on any atom is -0.492 e. The number of Topliss-reactive ketones (excluding diaryl/α,β-unsaturated/α-hetero) is 1. The predicted octanol–water partition coefficient (Wildman–Crippen LogP) is 4.97. The highest BCUT2D eigenvalue weighted by molar-refractivity contribution is 5.96. The van der Waals surface area contributed by atoms with Crippen LogP contribution < -0.4 is 14.2 Å². The number of fused-ring (bicyclic) bond motifs is 5. The summed E-state index contributed by atoms with van der Waals surface area (Å²) in [6, 6.07) is 16.9. The molecule has 3 aliphatic rings. The Kier molecular flexibility index (Phi) is 4.30. The molecule has 0 fully saturated rings. The quantitative estimate of drug-likeness (QED) is 0.553. The number of carbonyl (C=O) groups excluding carboxylic acids is 1. The van der Waals surface area contributed by atoms with Crippen LogP contribution in [0.3, 0.4) is 0 Å². The fourth-order valence-electron chi connectivity index (χ4n) is 5.69. The summed E-state index contributed by atoms with van der Waals surface area (Å²) in [5, 5.41) is 0. The lowest BCUT2D eigenvalue weighted by Crippen LogP contribution is -2.36. The molecule has 2 aliphatic heterocycles. The van der Waals surface area contributed by atoms with Crippen molar-refractivity contribution in [2.24, 2.45) is 0 Å². The molecular formula is C27H25NO4. The van der Waals surface area contributed by atoms with E-state index in [0.29, 0.717) is 5.75 Å². The van der Waals surface area contributed by atoms with E-state index in [9.17, 15) is 4.79 Å². The van der Waals surface area contributed by atoms with Crippen molar-refractivity contribution in [2.45, 2.75) is 25.3 Å². The third-order valence-corrected chi connectivity index (χ3v) is 7.15. The molecule has 0 saturated heterocycles. The molecule has 6 rings (SSSR count). The Hall–Kier alpha value is -3.31. The summed E-state index contributed by atoms with van der Waals surface area (Å²) in [5.41, 5.74) is 8.07. The Balaban J connectivity index is 1.62. The molecule has 0 spiro atoms. The average Bonchev–Trinajstić information content (AvgIpc) is 3.40. The van der Waals surface area contributed by atoms with Crippen LogP contribution in [0.4, 0.5) is 0 Å². The Morgan fingerprint density at radius 1 is 1.06 bits per heavy atom. The first kappa shape index (κ1) is 19.4. The Morgan fingerprint density at radius 2 is 1.88 bits per heavy atom. The van der Waals surface area contributed by atoms with Crippen molar-refractivity contribution >= 4 is 5.78 Å². The first-order valence-electron chi connectivity index (χ1n) is 11.0. The van der Waals surface area contributed by atoms with Crippen molar-refractivity contribution in [3.8, 4) is 28.4 Å². The van der Waals surface area contributed by atoms with Gasteiger partial charge in [0, 0.05) is 29.6 Å². The number of hydrogen-bond acceptors (Lipinski definition) is 5. The molecule has 2 atom stereocenters. The topological polar surface area (TPSA) is 48.0 Å². The number of rotatable bonds is 3. The second kappa shape index (κ2) is 7.10. The number of hydrogen-bond donors (Lipinski definition) is 0. The van der Waals surface area contributed by atoms with E-state index in [4.69, 9.17) is 14.2 Å². The van der Waals surface area contributed by atoms with Crippen LogP contribution in [0.1, 0.15) is 51.5 Å². The van der Waals surface area contributed by atoms with Gasteiger partial charge in [-0.15, -0.1) is 0 Å². The van der Waals surface area contributed by atoms with E-state index < -0.39 is 0 Å². The SMILES string of the molecule is COc1c2c(cc3c1[C@@H]([C@@H]1c4ccccc4-c4ccc(C(C)=O)cc41)N(C)CC3)OCO2. The van der Waals surface area contributed by atoms with E-state index in [0.717, 1.165) is 35.6 Å². The summed E-state index contributed by atoms with van der Waals surface area (Å²) in [5.74, 6) is 2.38. The molecule has 1 aliphatic carbocycles. The minimum absolute atomic E-state index is 0.0489. The van der Waals surface area contributed by atoms with Gasteiger partial charge in [-0.1, -0.05) is 36.4 Å². The van der Waals surface area contributed by atoms with Crippen LogP contribution in [-0.4, -0.2) is 38.2 Å². The van der Waals surface area contributed by atoms with Gasteiger partial charge < -0.3 is 14.2 Å². The van der Waals surface area contributed by atoms with Crippen molar-refractivity contribution in [1.82, 2.24) is 4.90 Å². The average molecular weight is 428 g/mol. The smallest absolute Gasteiger partial charge is 0.231 e. The fourth-order valence-corrected chi connectivity index (χ4v) is 5.69. The molecule has 3 aromatic carbocycles. The summed E-state index contributed by atoms with van der Waals surface area (Å²) >= 11 is 0. The van der Waals surface area contributed by atoms with Gasteiger partial charge in [-0.05, 0) is 60.3 Å². The van der Waals surface area contributed by atoms with E-state index in [-0.39, 0.29) is 24.5 Å². The first-order valence-corrected chi connectivity index (χ1v) is 11.0. The van der Waals surface area contributed by atoms with Gasteiger partial charge in [0.2, 0.25) is 12.5 Å². The van der Waals surface area contributed by atoms with E-state index >= 15 is 0 Å². The largest absolute Gasteiger partial charge is 0.492 e. The van der Waals surface area contributed by atoms with E-state index in [1.54, 1.807) is 14.0 Å². The third-order valence-electron chi connectivity index (χ3n) is 7.15. The molecule has 3 aromatic rings. The number of ether oxygens (including phenoxy) is 3. The number of likely N-dealkylation sites (N-methyl/N-ethyl adjacent to an activating group) is 1. The van der Waals surface area contributed by atoms with Crippen LogP contribution in [0.2, 0.25) is 0 Å². The minimum atomic E-state index is 0.0489. The summed E-state index contributed by atoms with van der Waals surface area (Å²) in [6.45, 7) is 2.78. The van der Waals surface area contributed by atoms with E-state index in [2.05, 4.69) is 54.4 Å². The summed E-state index contributed by atoms with van der Waals surface area (Å²) < 4.78 is 17.5.